The largest absolute Gasteiger partial charge is 0.452 e. The second-order valence-electron chi connectivity index (χ2n) is 13.0. The molecule has 4 heteroatoms. The molecule has 0 radical (unpaired) electrons. The van der Waals surface area contributed by atoms with E-state index in [4.69, 9.17) is 13.8 Å². The predicted molar refractivity (Wildman–Crippen MR) is 202 cm³/mol. The van der Waals surface area contributed by atoms with E-state index < -0.39 is 0 Å². The first-order chi connectivity index (χ1) is 24.0. The summed E-state index contributed by atoms with van der Waals surface area (Å²) in [5.74, 6) is 0. The van der Waals surface area contributed by atoms with Gasteiger partial charge in [-0.25, -0.2) is 4.98 Å². The molecule has 1 aliphatic carbocycles. The second-order valence-corrected chi connectivity index (χ2v) is 13.0. The van der Waals surface area contributed by atoms with Gasteiger partial charge in [-0.1, -0.05) is 98.8 Å². The molecule has 0 aliphatic heterocycles. The predicted octanol–water partition coefficient (Wildman–Crippen LogP) is 12.4. The average Bonchev–Trinajstić information content (AvgIpc) is 3.80. The third-order valence-electron chi connectivity index (χ3n) is 9.99. The van der Waals surface area contributed by atoms with Crippen molar-refractivity contribution in [3.8, 4) is 44.9 Å². The van der Waals surface area contributed by atoms with Gasteiger partial charge in [0, 0.05) is 38.7 Å². The first kappa shape index (κ1) is 28.9. The summed E-state index contributed by atoms with van der Waals surface area (Å²) in [6, 6.07) is 44.8. The van der Waals surface area contributed by atoms with Crippen LogP contribution in [0.4, 0.5) is 0 Å². The van der Waals surface area contributed by atoms with Gasteiger partial charge in [0.25, 0.3) is 0 Å². The number of furan rings is 2. The minimum absolute atomic E-state index is 0.0965. The van der Waals surface area contributed by atoms with Crippen LogP contribution < -0.4 is 0 Å². The van der Waals surface area contributed by atoms with E-state index in [-0.39, 0.29) is 5.41 Å². The van der Waals surface area contributed by atoms with Crippen molar-refractivity contribution in [3.05, 3.63) is 158 Å². The Morgan fingerprint density at radius 2 is 1.06 bits per heavy atom. The molecule has 0 saturated carbocycles. The summed E-state index contributed by atoms with van der Waals surface area (Å²) in [6.45, 7) is 10.5. The number of nitrogens with zero attached hydrogens (tertiary/aromatic N) is 2. The number of fused-ring (bicyclic) bond motifs is 10. The molecule has 0 spiro atoms. The van der Waals surface area contributed by atoms with Crippen LogP contribution in [0, 0.1) is 0 Å². The fraction of sp³-hybridized carbons (Fsp3) is 0.0667. The van der Waals surface area contributed by atoms with Gasteiger partial charge in [0.05, 0.1) is 17.1 Å². The van der Waals surface area contributed by atoms with Gasteiger partial charge in [-0.2, -0.15) is 0 Å². The molecule has 0 fully saturated rings. The van der Waals surface area contributed by atoms with Gasteiger partial charge in [-0.05, 0) is 75.8 Å². The number of rotatable bonds is 3. The number of pyridine rings is 2. The lowest BCUT2D eigenvalue weighted by molar-refractivity contribution is 0.633. The average molecular weight is 633 g/mol. The van der Waals surface area contributed by atoms with Gasteiger partial charge in [-0.15, -0.1) is 13.2 Å². The van der Waals surface area contributed by atoms with Crippen molar-refractivity contribution in [3.63, 3.8) is 0 Å². The molecule has 4 aromatic heterocycles. The standard InChI is InChI=1S/C43H28N2O2.C2H4/c1-43(2)34-7-5-23-44-39(34)40-35(43)20-21-36(45-40)28-15-13-26(14-16-28)25-9-11-27(12-10-25)29-17-22-38-33(24-29)32-19-18-31-30-6-3-4-8-37(30)46-41(31)42(32)47-38;1-2/h3-24H,1-2H3;1-2H2. The van der Waals surface area contributed by atoms with E-state index >= 15 is 0 Å². The molecular formula is C45H32N2O2. The van der Waals surface area contributed by atoms with Crippen LogP contribution in [0.25, 0.3) is 88.8 Å². The molecule has 1 aliphatic rings. The highest BCUT2D eigenvalue weighted by atomic mass is 16.4. The molecule has 10 rings (SSSR count). The quantitative estimate of drug-likeness (QED) is 0.182. The SMILES string of the molecule is C=C.CC1(C)c2cccnc2-c2nc(-c3ccc(-c4ccc(-c5ccc6oc7c(ccc8c9ccccc9oc87)c6c5)cc4)cc3)ccc21. The lowest BCUT2D eigenvalue weighted by atomic mass is 9.83. The van der Waals surface area contributed by atoms with Crippen LogP contribution in [0.2, 0.25) is 0 Å². The summed E-state index contributed by atoms with van der Waals surface area (Å²) in [7, 11) is 0. The van der Waals surface area contributed by atoms with E-state index in [0.717, 1.165) is 77.6 Å². The van der Waals surface area contributed by atoms with Crippen molar-refractivity contribution >= 4 is 43.9 Å². The zero-order valence-corrected chi connectivity index (χ0v) is 27.3. The summed E-state index contributed by atoms with van der Waals surface area (Å²) in [5.41, 5.74) is 14.4. The maximum Gasteiger partial charge on any atom is 0.178 e. The highest BCUT2D eigenvalue weighted by Gasteiger charge is 2.37. The van der Waals surface area contributed by atoms with Gasteiger partial charge in [-0.3, -0.25) is 4.98 Å². The van der Waals surface area contributed by atoms with E-state index in [1.54, 1.807) is 0 Å². The van der Waals surface area contributed by atoms with Crippen molar-refractivity contribution in [1.29, 1.82) is 0 Å². The molecule has 49 heavy (non-hydrogen) atoms. The summed E-state index contributed by atoms with van der Waals surface area (Å²) >= 11 is 0. The zero-order chi connectivity index (χ0) is 33.3. The third kappa shape index (κ3) is 4.38. The fourth-order valence-electron chi connectivity index (χ4n) is 7.43. The van der Waals surface area contributed by atoms with E-state index in [1.807, 2.05) is 30.5 Å². The smallest absolute Gasteiger partial charge is 0.178 e. The number of hydrogen-bond donors (Lipinski definition) is 0. The van der Waals surface area contributed by atoms with Crippen LogP contribution >= 0.6 is 0 Å². The Balaban J connectivity index is 0.00000160. The van der Waals surface area contributed by atoms with E-state index in [1.165, 1.54) is 22.3 Å². The molecule has 0 bridgehead atoms. The molecule has 4 heterocycles. The maximum atomic E-state index is 6.35. The van der Waals surface area contributed by atoms with Crippen LogP contribution in [0.5, 0.6) is 0 Å². The monoisotopic (exact) mass is 632 g/mol. The van der Waals surface area contributed by atoms with Crippen molar-refractivity contribution in [2.45, 2.75) is 19.3 Å². The first-order valence-corrected chi connectivity index (χ1v) is 16.5. The molecule has 234 valence electrons. The topological polar surface area (TPSA) is 52.1 Å². The van der Waals surface area contributed by atoms with Crippen molar-refractivity contribution < 1.29 is 8.83 Å². The summed E-state index contributed by atoms with van der Waals surface area (Å²) in [5, 5.41) is 4.33. The number of benzene rings is 5. The normalized spacial score (nSPS) is 13.0. The van der Waals surface area contributed by atoms with Crippen LogP contribution in [0.1, 0.15) is 25.0 Å². The third-order valence-corrected chi connectivity index (χ3v) is 9.99. The van der Waals surface area contributed by atoms with E-state index in [9.17, 15) is 0 Å². The second kappa shape index (κ2) is 10.9. The molecule has 0 saturated heterocycles. The maximum absolute atomic E-state index is 6.35. The van der Waals surface area contributed by atoms with Gasteiger partial charge in [0.15, 0.2) is 11.2 Å². The number of hydrogen-bond acceptors (Lipinski definition) is 4. The van der Waals surface area contributed by atoms with E-state index in [0.29, 0.717) is 0 Å². The molecular weight excluding hydrogens is 601 g/mol. The van der Waals surface area contributed by atoms with Gasteiger partial charge < -0.3 is 8.83 Å². The molecule has 0 N–H and O–H groups in total. The molecule has 9 aromatic rings. The minimum atomic E-state index is -0.0965. The van der Waals surface area contributed by atoms with Crippen LogP contribution in [0.3, 0.4) is 0 Å². The molecule has 4 nitrogen and oxygen atoms in total. The van der Waals surface area contributed by atoms with Crippen molar-refractivity contribution in [2.24, 2.45) is 0 Å². The number of aromatic nitrogens is 2. The summed E-state index contributed by atoms with van der Waals surface area (Å²) in [4.78, 5) is 9.78. The van der Waals surface area contributed by atoms with Gasteiger partial charge >= 0.3 is 0 Å². The van der Waals surface area contributed by atoms with Crippen molar-refractivity contribution in [1.82, 2.24) is 9.97 Å². The highest BCUT2D eigenvalue weighted by Crippen LogP contribution is 2.47. The summed E-state index contributed by atoms with van der Waals surface area (Å²) < 4.78 is 12.6. The molecule has 5 aromatic carbocycles. The molecule has 0 amide bonds. The van der Waals surface area contributed by atoms with Crippen LogP contribution in [-0.2, 0) is 5.41 Å². The van der Waals surface area contributed by atoms with Gasteiger partial charge in [0.1, 0.15) is 11.2 Å². The van der Waals surface area contributed by atoms with Crippen LogP contribution in [-0.4, -0.2) is 9.97 Å². The lowest BCUT2D eigenvalue weighted by Crippen LogP contribution is -2.15. The zero-order valence-electron chi connectivity index (χ0n) is 27.3. The van der Waals surface area contributed by atoms with Gasteiger partial charge in [0.2, 0.25) is 0 Å². The number of para-hydroxylation sites is 1. The van der Waals surface area contributed by atoms with Crippen molar-refractivity contribution in [2.75, 3.05) is 0 Å². The summed E-state index contributed by atoms with van der Waals surface area (Å²) in [6.07, 6.45) is 1.86. The first-order valence-electron chi connectivity index (χ1n) is 16.5. The lowest BCUT2D eigenvalue weighted by Gasteiger charge is -2.20. The Bertz CT molecular complexity index is 2710. The highest BCUT2D eigenvalue weighted by molar-refractivity contribution is 6.19. The minimum Gasteiger partial charge on any atom is -0.452 e. The Morgan fingerprint density at radius 3 is 1.78 bits per heavy atom. The molecule has 0 atom stereocenters. The Morgan fingerprint density at radius 1 is 0.490 bits per heavy atom. The van der Waals surface area contributed by atoms with Crippen LogP contribution in [0.15, 0.2) is 156 Å². The fourth-order valence-corrected chi connectivity index (χ4v) is 7.43. The molecule has 0 unspecified atom stereocenters. The Labute approximate surface area is 284 Å². The Hall–Kier alpha value is -6.26. The van der Waals surface area contributed by atoms with E-state index in [2.05, 4.69) is 135 Å². The Kier molecular flexibility index (Phi) is 6.43.